The molecular formula is C22H20ClFN4O. The van der Waals surface area contributed by atoms with Crippen molar-refractivity contribution in [1.29, 1.82) is 0 Å². The van der Waals surface area contributed by atoms with E-state index in [1.165, 1.54) is 12.1 Å². The maximum atomic E-state index is 13.3. The van der Waals surface area contributed by atoms with Crippen molar-refractivity contribution in [2.24, 2.45) is 0 Å². The first-order chi connectivity index (χ1) is 13.7. The lowest BCUT2D eigenvalue weighted by Crippen LogP contribution is -2.28. The summed E-state index contributed by atoms with van der Waals surface area (Å²) in [5.74, 6) is -0.256. The van der Waals surface area contributed by atoms with Gasteiger partial charge in [-0.1, -0.05) is 24.3 Å². The summed E-state index contributed by atoms with van der Waals surface area (Å²) in [6, 6.07) is 18.0. The van der Waals surface area contributed by atoms with E-state index in [9.17, 15) is 9.18 Å². The van der Waals surface area contributed by atoms with E-state index < -0.39 is 0 Å². The zero-order chi connectivity index (χ0) is 19.1. The summed E-state index contributed by atoms with van der Waals surface area (Å²) in [4.78, 5) is 17.8. The molecule has 1 atom stereocenters. The van der Waals surface area contributed by atoms with Gasteiger partial charge in [-0.15, -0.1) is 12.4 Å². The Bertz CT molecular complexity index is 1190. The predicted octanol–water partition coefficient (Wildman–Crippen LogP) is 3.95. The molecule has 0 aliphatic carbocycles. The predicted molar refractivity (Wildman–Crippen MR) is 114 cm³/mol. The van der Waals surface area contributed by atoms with Crippen LogP contribution in [0.25, 0.3) is 28.0 Å². The van der Waals surface area contributed by atoms with Gasteiger partial charge in [0.25, 0.3) is 0 Å². The molecule has 5 rings (SSSR count). The molecule has 2 aromatic heterocycles. The van der Waals surface area contributed by atoms with E-state index in [0.717, 1.165) is 41.8 Å². The molecule has 5 nitrogen and oxygen atoms in total. The lowest BCUT2D eigenvalue weighted by molar-refractivity contribution is 0.537. The molecule has 0 saturated carbocycles. The SMILES string of the molecule is Cl.O=c1n(-c2ccc(-c3ccc(F)cc3)cc2)c2cccnc2n1[C@H]1CCNC1. The summed E-state index contributed by atoms with van der Waals surface area (Å²) in [6.07, 6.45) is 2.64. The fraction of sp³-hybridized carbons (Fsp3) is 0.182. The second-order valence-electron chi connectivity index (χ2n) is 7.03. The molecule has 1 N–H and O–H groups in total. The van der Waals surface area contributed by atoms with Gasteiger partial charge in [0.05, 0.1) is 17.2 Å². The van der Waals surface area contributed by atoms with Crippen LogP contribution in [0.15, 0.2) is 71.7 Å². The largest absolute Gasteiger partial charge is 0.335 e. The normalized spacial score (nSPS) is 16.1. The van der Waals surface area contributed by atoms with Crippen LogP contribution in [0.5, 0.6) is 0 Å². The summed E-state index contributed by atoms with van der Waals surface area (Å²) < 4.78 is 16.7. The highest BCUT2D eigenvalue weighted by atomic mass is 35.5. The maximum Gasteiger partial charge on any atom is 0.335 e. The fourth-order valence-electron chi connectivity index (χ4n) is 3.93. The fourth-order valence-corrected chi connectivity index (χ4v) is 3.93. The summed E-state index contributed by atoms with van der Waals surface area (Å²) in [5.41, 5.74) is 4.13. The third kappa shape index (κ3) is 3.34. The second-order valence-corrected chi connectivity index (χ2v) is 7.03. The molecule has 3 heterocycles. The van der Waals surface area contributed by atoms with Crippen LogP contribution in [-0.2, 0) is 0 Å². The van der Waals surface area contributed by atoms with Crippen LogP contribution < -0.4 is 11.0 Å². The minimum absolute atomic E-state index is 0. The molecule has 1 fully saturated rings. The zero-order valence-electron chi connectivity index (χ0n) is 15.6. The maximum absolute atomic E-state index is 13.3. The van der Waals surface area contributed by atoms with Crippen molar-refractivity contribution in [3.63, 3.8) is 0 Å². The molecule has 0 spiro atoms. The summed E-state index contributed by atoms with van der Waals surface area (Å²) in [7, 11) is 0. The topological polar surface area (TPSA) is 51.9 Å². The monoisotopic (exact) mass is 410 g/mol. The Balaban J connectivity index is 0.00000205. The van der Waals surface area contributed by atoms with Crippen LogP contribution in [0.1, 0.15) is 12.5 Å². The third-order valence-electron chi connectivity index (χ3n) is 5.34. The van der Waals surface area contributed by atoms with Gasteiger partial charge in [-0.05, 0) is 60.5 Å². The van der Waals surface area contributed by atoms with E-state index >= 15 is 0 Å². The van der Waals surface area contributed by atoms with Gasteiger partial charge in [0.2, 0.25) is 0 Å². The number of fused-ring (bicyclic) bond motifs is 1. The number of nitrogens with zero attached hydrogens (tertiary/aromatic N) is 3. The number of hydrogen-bond acceptors (Lipinski definition) is 3. The molecule has 0 amide bonds. The van der Waals surface area contributed by atoms with E-state index in [4.69, 9.17) is 0 Å². The summed E-state index contributed by atoms with van der Waals surface area (Å²) >= 11 is 0. The van der Waals surface area contributed by atoms with Crippen LogP contribution >= 0.6 is 12.4 Å². The number of pyridine rings is 1. The first-order valence-corrected chi connectivity index (χ1v) is 9.37. The quantitative estimate of drug-likeness (QED) is 0.556. The molecule has 1 aliphatic heterocycles. The Morgan fingerprint density at radius 2 is 1.69 bits per heavy atom. The molecule has 1 aliphatic rings. The summed E-state index contributed by atoms with van der Waals surface area (Å²) in [6.45, 7) is 1.68. The molecule has 0 radical (unpaired) electrons. The minimum atomic E-state index is -0.256. The van der Waals surface area contributed by atoms with Crippen molar-refractivity contribution in [2.45, 2.75) is 12.5 Å². The highest BCUT2D eigenvalue weighted by Gasteiger charge is 2.24. The van der Waals surface area contributed by atoms with Crippen LogP contribution in [0.3, 0.4) is 0 Å². The summed E-state index contributed by atoms with van der Waals surface area (Å²) in [5, 5.41) is 3.32. The lowest BCUT2D eigenvalue weighted by Gasteiger charge is -2.09. The number of nitrogens with one attached hydrogen (secondary N) is 1. The van der Waals surface area contributed by atoms with Gasteiger partial charge in [0.15, 0.2) is 5.65 Å². The zero-order valence-corrected chi connectivity index (χ0v) is 16.4. The highest BCUT2D eigenvalue weighted by Crippen LogP contribution is 2.24. The van der Waals surface area contributed by atoms with Crippen molar-refractivity contribution in [2.75, 3.05) is 13.1 Å². The van der Waals surface area contributed by atoms with Crippen LogP contribution in [0, 0.1) is 5.82 Å². The molecule has 29 heavy (non-hydrogen) atoms. The van der Waals surface area contributed by atoms with E-state index in [-0.39, 0.29) is 30.0 Å². The minimum Gasteiger partial charge on any atom is -0.315 e. The first kappa shape index (κ1) is 19.4. The smallest absolute Gasteiger partial charge is 0.315 e. The van der Waals surface area contributed by atoms with E-state index in [1.807, 2.05) is 41.0 Å². The number of hydrogen-bond donors (Lipinski definition) is 1. The van der Waals surface area contributed by atoms with Gasteiger partial charge in [-0.3, -0.25) is 9.13 Å². The molecule has 1 saturated heterocycles. The average Bonchev–Trinajstić information content (AvgIpc) is 3.34. The molecule has 7 heteroatoms. The Labute approximate surface area is 173 Å². The first-order valence-electron chi connectivity index (χ1n) is 9.37. The van der Waals surface area contributed by atoms with Crippen molar-refractivity contribution in [1.82, 2.24) is 19.4 Å². The number of rotatable bonds is 3. The lowest BCUT2D eigenvalue weighted by atomic mass is 10.1. The van der Waals surface area contributed by atoms with Gasteiger partial charge in [0.1, 0.15) is 5.82 Å². The van der Waals surface area contributed by atoms with Crippen LogP contribution in [-0.4, -0.2) is 27.2 Å². The van der Waals surface area contributed by atoms with Gasteiger partial charge >= 0.3 is 5.69 Å². The highest BCUT2D eigenvalue weighted by molar-refractivity contribution is 5.85. The van der Waals surface area contributed by atoms with E-state index in [0.29, 0.717) is 5.65 Å². The third-order valence-corrected chi connectivity index (χ3v) is 5.34. The van der Waals surface area contributed by atoms with Gasteiger partial charge in [-0.2, -0.15) is 0 Å². The Morgan fingerprint density at radius 1 is 1.00 bits per heavy atom. The Kier molecular flexibility index (Phi) is 5.22. The number of imidazole rings is 1. The number of aromatic nitrogens is 3. The van der Waals surface area contributed by atoms with Gasteiger partial charge in [0, 0.05) is 12.7 Å². The van der Waals surface area contributed by atoms with Gasteiger partial charge < -0.3 is 5.32 Å². The van der Waals surface area contributed by atoms with E-state index in [1.54, 1.807) is 22.9 Å². The standard InChI is InChI=1S/C22H19FN4O.ClH/c23-17-7-3-15(4-8-17)16-5-9-18(10-6-16)26-20-2-1-12-25-21(20)27(22(26)28)19-11-13-24-14-19;/h1-10,12,19,24H,11,13-14H2;1H/t19-;/m0./s1. The van der Waals surface area contributed by atoms with Crippen molar-refractivity contribution in [3.8, 4) is 16.8 Å². The van der Waals surface area contributed by atoms with Crippen molar-refractivity contribution in [3.05, 3.63) is 83.2 Å². The van der Waals surface area contributed by atoms with Gasteiger partial charge in [-0.25, -0.2) is 14.2 Å². The molecule has 4 aromatic rings. The number of halogens is 2. The van der Waals surface area contributed by atoms with Crippen LogP contribution in [0.4, 0.5) is 4.39 Å². The second kappa shape index (κ2) is 7.81. The average molecular weight is 411 g/mol. The van der Waals surface area contributed by atoms with Crippen molar-refractivity contribution < 1.29 is 4.39 Å². The molecule has 2 aromatic carbocycles. The van der Waals surface area contributed by atoms with E-state index in [2.05, 4.69) is 10.3 Å². The van der Waals surface area contributed by atoms with Crippen LogP contribution in [0.2, 0.25) is 0 Å². The number of benzene rings is 2. The molecule has 148 valence electrons. The van der Waals surface area contributed by atoms with Crippen molar-refractivity contribution >= 4 is 23.6 Å². The molecular weight excluding hydrogens is 391 g/mol. The Hall–Kier alpha value is -2.96. The molecule has 0 unspecified atom stereocenters. The Morgan fingerprint density at radius 3 is 2.34 bits per heavy atom. The molecule has 0 bridgehead atoms.